The van der Waals surface area contributed by atoms with Crippen LogP contribution in [0, 0.1) is 0 Å². The molecule has 0 bridgehead atoms. The van der Waals surface area contributed by atoms with Crippen LogP contribution >= 0.6 is 0 Å². The molecule has 4 rings (SSSR count). The van der Waals surface area contributed by atoms with E-state index < -0.39 is 0 Å². The van der Waals surface area contributed by atoms with Crippen molar-refractivity contribution in [3.8, 4) is 11.5 Å². The topological polar surface area (TPSA) is 86.8 Å². The summed E-state index contributed by atoms with van der Waals surface area (Å²) in [7, 11) is 0. The Labute approximate surface area is 155 Å². The number of hydrogen-bond donors (Lipinski definition) is 3. The Morgan fingerprint density at radius 1 is 0.815 bits per heavy atom. The number of benzene rings is 4. The first-order valence-electron chi connectivity index (χ1n) is 8.56. The number of carbonyl (C=O) groups is 1. The number of nitrogens with zero attached hydrogens (tertiary/aromatic N) is 1. The first-order chi connectivity index (χ1) is 13.1. The molecule has 4 aromatic carbocycles. The fraction of sp³-hybridized carbons (Fsp3) is 0.0455. The van der Waals surface area contributed by atoms with Gasteiger partial charge in [0.05, 0.1) is 23.3 Å². The van der Waals surface area contributed by atoms with Crippen molar-refractivity contribution in [2.24, 2.45) is 5.73 Å². The van der Waals surface area contributed by atoms with Gasteiger partial charge in [-0.3, -0.25) is 9.69 Å². The van der Waals surface area contributed by atoms with Crippen LogP contribution < -0.4 is 10.6 Å². The molecule has 5 heteroatoms. The average molecular weight is 358 g/mol. The summed E-state index contributed by atoms with van der Waals surface area (Å²) >= 11 is 0. The third kappa shape index (κ3) is 2.74. The Bertz CT molecular complexity index is 1170. The van der Waals surface area contributed by atoms with Crippen LogP contribution in [0.5, 0.6) is 11.5 Å². The molecule has 0 atom stereocenters. The van der Waals surface area contributed by atoms with Crippen LogP contribution in [0.2, 0.25) is 0 Å². The molecule has 0 spiro atoms. The van der Waals surface area contributed by atoms with E-state index in [4.69, 9.17) is 5.73 Å². The highest BCUT2D eigenvalue weighted by Crippen LogP contribution is 2.42. The number of anilines is 2. The molecule has 0 heterocycles. The summed E-state index contributed by atoms with van der Waals surface area (Å²) in [5.74, 6) is -0.826. The largest absolute Gasteiger partial charge is 0.504 e. The average Bonchev–Trinajstić information content (AvgIpc) is 2.71. The van der Waals surface area contributed by atoms with Gasteiger partial charge in [0.15, 0.2) is 11.5 Å². The number of aromatic hydroxyl groups is 2. The second kappa shape index (κ2) is 6.63. The third-order valence-electron chi connectivity index (χ3n) is 4.65. The molecule has 134 valence electrons. The van der Waals surface area contributed by atoms with Gasteiger partial charge < -0.3 is 15.9 Å². The molecule has 0 aliphatic carbocycles. The summed E-state index contributed by atoms with van der Waals surface area (Å²) < 4.78 is 0. The molecule has 4 aromatic rings. The van der Waals surface area contributed by atoms with Crippen molar-refractivity contribution >= 4 is 38.8 Å². The summed E-state index contributed by atoms with van der Waals surface area (Å²) in [5.41, 5.74) is 6.83. The summed E-state index contributed by atoms with van der Waals surface area (Å²) in [6.45, 7) is -0.195. The first kappa shape index (κ1) is 16.9. The van der Waals surface area contributed by atoms with Crippen LogP contribution in [0.4, 0.5) is 11.4 Å². The van der Waals surface area contributed by atoms with Gasteiger partial charge in [0.25, 0.3) is 0 Å². The zero-order chi connectivity index (χ0) is 19.0. The first-order valence-corrected chi connectivity index (χ1v) is 8.56. The maximum Gasteiger partial charge on any atom is 0.245 e. The van der Waals surface area contributed by atoms with Gasteiger partial charge in [0.2, 0.25) is 5.91 Å². The summed E-state index contributed by atoms with van der Waals surface area (Å²) in [6.07, 6.45) is 0. The zero-order valence-electron chi connectivity index (χ0n) is 14.5. The lowest BCUT2D eigenvalue weighted by atomic mass is 10.0. The Morgan fingerprint density at radius 3 is 2.26 bits per heavy atom. The normalized spacial score (nSPS) is 11.0. The zero-order valence-corrected chi connectivity index (χ0v) is 14.5. The molecule has 0 aliphatic rings. The van der Waals surface area contributed by atoms with E-state index in [9.17, 15) is 15.0 Å². The van der Waals surface area contributed by atoms with E-state index in [-0.39, 0.29) is 24.0 Å². The summed E-state index contributed by atoms with van der Waals surface area (Å²) in [4.78, 5) is 14.4. The second-order valence-electron chi connectivity index (χ2n) is 6.24. The van der Waals surface area contributed by atoms with E-state index in [0.29, 0.717) is 22.1 Å². The number of fused-ring (bicyclic) bond motifs is 2. The van der Waals surface area contributed by atoms with Crippen molar-refractivity contribution in [1.82, 2.24) is 0 Å². The number of rotatable bonds is 3. The van der Waals surface area contributed by atoms with Gasteiger partial charge >= 0.3 is 0 Å². The van der Waals surface area contributed by atoms with Gasteiger partial charge in [-0.25, -0.2) is 0 Å². The molecule has 5 nitrogen and oxygen atoms in total. The maximum atomic E-state index is 12.9. The van der Waals surface area contributed by atoms with E-state index >= 15 is 0 Å². The molecular weight excluding hydrogens is 340 g/mol. The molecule has 0 aliphatic heterocycles. The minimum absolute atomic E-state index is 0.195. The van der Waals surface area contributed by atoms with Crippen molar-refractivity contribution < 1.29 is 15.0 Å². The van der Waals surface area contributed by atoms with Crippen LogP contribution in [0.15, 0.2) is 72.8 Å². The number of amides is 1. The lowest BCUT2D eigenvalue weighted by Crippen LogP contribution is -2.32. The van der Waals surface area contributed by atoms with Gasteiger partial charge in [-0.15, -0.1) is 0 Å². The highest BCUT2D eigenvalue weighted by Gasteiger charge is 2.23. The molecule has 0 unspecified atom stereocenters. The minimum Gasteiger partial charge on any atom is -0.504 e. The van der Waals surface area contributed by atoms with Crippen LogP contribution in [-0.2, 0) is 4.79 Å². The quantitative estimate of drug-likeness (QED) is 0.483. The molecule has 0 saturated heterocycles. The van der Waals surface area contributed by atoms with Gasteiger partial charge in [-0.2, -0.15) is 0 Å². The smallest absolute Gasteiger partial charge is 0.245 e. The van der Waals surface area contributed by atoms with Gasteiger partial charge in [-0.1, -0.05) is 54.6 Å². The number of carbonyl (C=O) groups excluding carboxylic acids is 1. The highest BCUT2D eigenvalue weighted by atomic mass is 16.3. The molecule has 4 N–H and O–H groups in total. The van der Waals surface area contributed by atoms with Crippen molar-refractivity contribution in [3.63, 3.8) is 0 Å². The van der Waals surface area contributed by atoms with Crippen molar-refractivity contribution in [3.05, 3.63) is 72.8 Å². The minimum atomic E-state index is -0.318. The van der Waals surface area contributed by atoms with Crippen molar-refractivity contribution in [1.29, 1.82) is 0 Å². The van der Waals surface area contributed by atoms with Crippen molar-refractivity contribution in [2.45, 2.75) is 0 Å². The lowest BCUT2D eigenvalue weighted by Gasteiger charge is -2.26. The number of nitrogens with two attached hydrogens (primary N) is 1. The Hall–Kier alpha value is -3.57. The maximum absolute atomic E-state index is 12.9. The lowest BCUT2D eigenvalue weighted by molar-refractivity contribution is -0.116. The van der Waals surface area contributed by atoms with Crippen LogP contribution in [0.1, 0.15) is 0 Å². The Balaban J connectivity index is 2.07. The number of phenols is 2. The SMILES string of the molecule is NCC(=O)N(c1cccc2ccccc12)c1cccc2ccc(O)c(O)c12. The summed E-state index contributed by atoms with van der Waals surface area (Å²) in [5, 5.41) is 23.4. The van der Waals surface area contributed by atoms with E-state index in [2.05, 4.69) is 0 Å². The van der Waals surface area contributed by atoms with Crippen LogP contribution in [0.25, 0.3) is 21.5 Å². The van der Waals surface area contributed by atoms with E-state index in [1.54, 1.807) is 18.2 Å². The summed E-state index contributed by atoms with van der Waals surface area (Å²) in [6, 6.07) is 21.9. The molecule has 27 heavy (non-hydrogen) atoms. The van der Waals surface area contributed by atoms with Gasteiger partial charge in [-0.05, 0) is 29.0 Å². The fourth-order valence-corrected chi connectivity index (χ4v) is 3.41. The second-order valence-corrected chi connectivity index (χ2v) is 6.24. The molecule has 0 saturated carbocycles. The fourth-order valence-electron chi connectivity index (χ4n) is 3.41. The van der Waals surface area contributed by atoms with E-state index in [1.165, 1.54) is 11.0 Å². The third-order valence-corrected chi connectivity index (χ3v) is 4.65. The van der Waals surface area contributed by atoms with E-state index in [0.717, 1.165) is 10.8 Å². The van der Waals surface area contributed by atoms with Gasteiger partial charge in [0.1, 0.15) is 0 Å². The predicted octanol–water partition coefficient (Wildman–Crippen LogP) is 4.03. The highest BCUT2D eigenvalue weighted by molar-refractivity contribution is 6.15. The standard InChI is InChI=1S/C22H18N2O3/c23-13-20(26)24(17-9-3-6-14-5-1-2-8-16(14)17)18-10-4-7-15-11-12-19(25)22(27)21(15)18/h1-12,25,27H,13,23H2. The number of phenolic OH excluding ortho intramolecular Hbond substituents is 2. The molecule has 0 aromatic heterocycles. The Morgan fingerprint density at radius 2 is 1.48 bits per heavy atom. The monoisotopic (exact) mass is 358 g/mol. The molecule has 0 radical (unpaired) electrons. The molecule has 0 fully saturated rings. The molecule has 1 amide bonds. The number of hydrogen-bond acceptors (Lipinski definition) is 4. The van der Waals surface area contributed by atoms with Crippen LogP contribution in [0.3, 0.4) is 0 Å². The van der Waals surface area contributed by atoms with Gasteiger partial charge in [0, 0.05) is 5.39 Å². The predicted molar refractivity (Wildman–Crippen MR) is 107 cm³/mol. The van der Waals surface area contributed by atoms with Crippen LogP contribution in [-0.4, -0.2) is 22.7 Å². The molecular formula is C22H18N2O3. The van der Waals surface area contributed by atoms with Crippen molar-refractivity contribution in [2.75, 3.05) is 11.4 Å². The Kier molecular flexibility index (Phi) is 4.14. The van der Waals surface area contributed by atoms with E-state index in [1.807, 2.05) is 48.5 Å².